The smallest absolute Gasteiger partial charge is 0.173 e. The fourth-order valence-corrected chi connectivity index (χ4v) is 3.91. The molecule has 0 radical (unpaired) electrons. The molecule has 0 bridgehead atoms. The van der Waals surface area contributed by atoms with Crippen LogP contribution in [0.3, 0.4) is 0 Å². The highest BCUT2D eigenvalue weighted by molar-refractivity contribution is 7.80. The normalized spacial score (nSPS) is 17.1. The molecule has 140 valence electrons. The van der Waals surface area contributed by atoms with Crippen molar-refractivity contribution < 1.29 is 4.74 Å². The van der Waals surface area contributed by atoms with Crippen LogP contribution in [0.1, 0.15) is 30.1 Å². The molecule has 1 saturated heterocycles. The van der Waals surface area contributed by atoms with Crippen molar-refractivity contribution in [3.05, 3.63) is 53.9 Å². The van der Waals surface area contributed by atoms with Gasteiger partial charge in [-0.2, -0.15) is 0 Å². The third kappa shape index (κ3) is 3.90. The van der Waals surface area contributed by atoms with Crippen molar-refractivity contribution >= 4 is 34.1 Å². The summed E-state index contributed by atoms with van der Waals surface area (Å²) in [6.07, 6.45) is 2.22. The molecule has 0 unspecified atom stereocenters. The van der Waals surface area contributed by atoms with Crippen LogP contribution in [0.5, 0.6) is 5.75 Å². The lowest BCUT2D eigenvalue weighted by molar-refractivity contribution is 0.307. The zero-order valence-electron chi connectivity index (χ0n) is 15.7. The van der Waals surface area contributed by atoms with E-state index in [9.17, 15) is 0 Å². The van der Waals surface area contributed by atoms with Gasteiger partial charge in [0.2, 0.25) is 0 Å². The van der Waals surface area contributed by atoms with E-state index in [1.165, 1.54) is 5.56 Å². The van der Waals surface area contributed by atoms with Crippen LogP contribution in [0.15, 0.2) is 42.5 Å². The molecule has 4 rings (SSSR count). The molecule has 2 heterocycles. The van der Waals surface area contributed by atoms with Crippen molar-refractivity contribution in [1.82, 2.24) is 14.9 Å². The SMILES string of the molecule is COc1cccc(NC(=S)N2CCC[C@@H](c3nc4ccc(C)cc4[nH]3)C2)c1. The average molecular weight is 381 g/mol. The number of aryl methyl sites for hydroxylation is 1. The summed E-state index contributed by atoms with van der Waals surface area (Å²) in [6.45, 7) is 3.94. The van der Waals surface area contributed by atoms with Crippen LogP contribution < -0.4 is 10.1 Å². The van der Waals surface area contributed by atoms with E-state index in [2.05, 4.69) is 40.3 Å². The number of aromatic amines is 1. The molecule has 6 heteroatoms. The van der Waals surface area contributed by atoms with Crippen LogP contribution in [0.2, 0.25) is 0 Å². The third-order valence-electron chi connectivity index (χ3n) is 5.07. The minimum atomic E-state index is 0.358. The first kappa shape index (κ1) is 17.8. The maximum absolute atomic E-state index is 5.66. The lowest BCUT2D eigenvalue weighted by atomic mass is 9.98. The van der Waals surface area contributed by atoms with E-state index < -0.39 is 0 Å². The summed E-state index contributed by atoms with van der Waals surface area (Å²) >= 11 is 5.66. The van der Waals surface area contributed by atoms with Gasteiger partial charge in [0.25, 0.3) is 0 Å². The maximum atomic E-state index is 5.66. The number of aromatic nitrogens is 2. The molecule has 0 spiro atoms. The highest BCUT2D eigenvalue weighted by Crippen LogP contribution is 2.28. The molecule has 3 aromatic rings. The predicted molar refractivity (Wildman–Crippen MR) is 114 cm³/mol. The summed E-state index contributed by atoms with van der Waals surface area (Å²) in [7, 11) is 1.67. The highest BCUT2D eigenvalue weighted by Gasteiger charge is 2.25. The number of H-pyrrole nitrogens is 1. The first-order valence-electron chi connectivity index (χ1n) is 9.28. The second-order valence-electron chi connectivity index (χ2n) is 7.09. The Morgan fingerprint density at radius 2 is 2.19 bits per heavy atom. The molecule has 0 saturated carbocycles. The molecule has 1 atom stereocenters. The van der Waals surface area contributed by atoms with Gasteiger partial charge in [-0.1, -0.05) is 12.1 Å². The molecule has 2 aromatic carbocycles. The van der Waals surface area contributed by atoms with E-state index in [1.807, 2.05) is 24.3 Å². The van der Waals surface area contributed by atoms with Crippen LogP contribution in [0.25, 0.3) is 11.0 Å². The van der Waals surface area contributed by atoms with Crippen molar-refractivity contribution in [2.24, 2.45) is 0 Å². The number of fused-ring (bicyclic) bond motifs is 1. The molecule has 2 N–H and O–H groups in total. The number of piperidine rings is 1. The number of rotatable bonds is 3. The van der Waals surface area contributed by atoms with E-state index in [4.69, 9.17) is 21.9 Å². The zero-order chi connectivity index (χ0) is 18.8. The minimum Gasteiger partial charge on any atom is -0.497 e. The van der Waals surface area contributed by atoms with Gasteiger partial charge in [0.1, 0.15) is 11.6 Å². The Bertz CT molecular complexity index is 968. The Kier molecular flexibility index (Phi) is 4.99. The number of methoxy groups -OCH3 is 1. The number of ether oxygens (including phenoxy) is 1. The lowest BCUT2D eigenvalue weighted by Gasteiger charge is -2.33. The maximum Gasteiger partial charge on any atom is 0.173 e. The van der Waals surface area contributed by atoms with Crippen molar-refractivity contribution in [1.29, 1.82) is 0 Å². The van der Waals surface area contributed by atoms with Gasteiger partial charge in [-0.15, -0.1) is 0 Å². The predicted octanol–water partition coefficient (Wildman–Crippen LogP) is 4.46. The van der Waals surface area contributed by atoms with Gasteiger partial charge in [-0.25, -0.2) is 4.98 Å². The number of anilines is 1. The molecule has 1 aromatic heterocycles. The van der Waals surface area contributed by atoms with E-state index in [0.29, 0.717) is 5.92 Å². The van der Waals surface area contributed by atoms with Gasteiger partial charge in [0, 0.05) is 30.8 Å². The lowest BCUT2D eigenvalue weighted by Crippen LogP contribution is -2.41. The van der Waals surface area contributed by atoms with Gasteiger partial charge < -0.3 is 19.9 Å². The Labute approximate surface area is 164 Å². The number of imidazole rings is 1. The van der Waals surface area contributed by atoms with E-state index in [-0.39, 0.29) is 0 Å². The van der Waals surface area contributed by atoms with Crippen molar-refractivity contribution in [2.75, 3.05) is 25.5 Å². The van der Waals surface area contributed by atoms with Crippen LogP contribution in [-0.4, -0.2) is 40.2 Å². The van der Waals surface area contributed by atoms with Crippen molar-refractivity contribution in [2.45, 2.75) is 25.7 Å². The number of nitrogens with one attached hydrogen (secondary N) is 2. The van der Waals surface area contributed by atoms with Crippen molar-refractivity contribution in [3.63, 3.8) is 0 Å². The fourth-order valence-electron chi connectivity index (χ4n) is 3.62. The van der Waals surface area contributed by atoms with Crippen LogP contribution in [0.4, 0.5) is 5.69 Å². The summed E-state index contributed by atoms with van der Waals surface area (Å²) in [5, 5.41) is 4.09. The third-order valence-corrected chi connectivity index (χ3v) is 5.43. The first-order chi connectivity index (χ1) is 13.1. The first-order valence-corrected chi connectivity index (χ1v) is 9.69. The quantitative estimate of drug-likeness (QED) is 0.657. The monoisotopic (exact) mass is 380 g/mol. The van der Waals surface area contributed by atoms with Crippen LogP contribution in [0, 0.1) is 6.92 Å². The Balaban J connectivity index is 1.47. The highest BCUT2D eigenvalue weighted by atomic mass is 32.1. The standard InChI is InChI=1S/C21H24N4OS/c1-14-8-9-18-19(11-14)24-20(23-18)15-5-4-10-25(13-15)21(27)22-16-6-3-7-17(12-16)26-2/h3,6-9,11-12,15H,4-5,10,13H2,1-2H3,(H,22,27)(H,23,24)/t15-/m1/s1. The van der Waals surface area contributed by atoms with Gasteiger partial charge in [0.05, 0.1) is 18.1 Å². The molecule has 0 aliphatic carbocycles. The Hall–Kier alpha value is -2.60. The van der Waals surface area contributed by atoms with Crippen LogP contribution in [-0.2, 0) is 0 Å². The second-order valence-corrected chi connectivity index (χ2v) is 7.48. The molecule has 1 aliphatic heterocycles. The number of benzene rings is 2. The molecular weight excluding hydrogens is 356 g/mol. The van der Waals surface area contributed by atoms with Gasteiger partial charge >= 0.3 is 0 Å². The Morgan fingerprint density at radius 3 is 3.04 bits per heavy atom. The largest absolute Gasteiger partial charge is 0.497 e. The molecule has 5 nitrogen and oxygen atoms in total. The Morgan fingerprint density at radius 1 is 1.30 bits per heavy atom. The average Bonchev–Trinajstić information content (AvgIpc) is 3.11. The topological polar surface area (TPSA) is 53.2 Å². The summed E-state index contributed by atoms with van der Waals surface area (Å²) < 4.78 is 5.28. The number of thiocarbonyl (C=S) groups is 1. The number of hydrogen-bond acceptors (Lipinski definition) is 3. The fraction of sp³-hybridized carbons (Fsp3) is 0.333. The molecular formula is C21H24N4OS. The molecule has 1 fully saturated rings. The zero-order valence-corrected chi connectivity index (χ0v) is 16.5. The second kappa shape index (κ2) is 7.56. The number of nitrogens with zero attached hydrogens (tertiary/aromatic N) is 2. The van der Waals surface area contributed by atoms with Crippen LogP contribution >= 0.6 is 12.2 Å². The van der Waals surface area contributed by atoms with Gasteiger partial charge in [-0.3, -0.25) is 0 Å². The minimum absolute atomic E-state index is 0.358. The summed E-state index contributed by atoms with van der Waals surface area (Å²) in [4.78, 5) is 10.6. The molecule has 27 heavy (non-hydrogen) atoms. The van der Waals surface area contributed by atoms with Crippen molar-refractivity contribution in [3.8, 4) is 5.75 Å². The van der Waals surface area contributed by atoms with E-state index >= 15 is 0 Å². The summed E-state index contributed by atoms with van der Waals surface area (Å²) in [5.41, 5.74) is 4.33. The number of likely N-dealkylation sites (tertiary alicyclic amines) is 1. The van der Waals surface area contributed by atoms with Gasteiger partial charge in [0.15, 0.2) is 5.11 Å². The van der Waals surface area contributed by atoms with Gasteiger partial charge in [-0.05, 0) is 61.8 Å². The van der Waals surface area contributed by atoms with E-state index in [0.717, 1.165) is 59.3 Å². The molecule has 0 amide bonds. The summed E-state index contributed by atoms with van der Waals surface area (Å²) in [5.74, 6) is 2.23. The van der Waals surface area contributed by atoms with E-state index in [1.54, 1.807) is 7.11 Å². The number of hydrogen-bond donors (Lipinski definition) is 2. The molecule has 1 aliphatic rings. The summed E-state index contributed by atoms with van der Waals surface area (Å²) in [6, 6.07) is 14.2.